The molecule has 2 heterocycles. The molecule has 0 fully saturated rings. The topological polar surface area (TPSA) is 74.8 Å². The smallest absolute Gasteiger partial charge is 0.261 e. The second kappa shape index (κ2) is 18.3. The van der Waals surface area contributed by atoms with Crippen LogP contribution in [0.15, 0.2) is 48.5 Å². The van der Waals surface area contributed by atoms with Gasteiger partial charge in [0.2, 0.25) is 0 Å². The lowest BCUT2D eigenvalue weighted by Gasteiger charge is -2.33. The summed E-state index contributed by atoms with van der Waals surface area (Å²) in [5.41, 5.74) is 2.27. The van der Waals surface area contributed by atoms with E-state index in [2.05, 4.69) is 41.5 Å². The molecule has 0 aromatic heterocycles. The Hall–Kier alpha value is -4.32. The van der Waals surface area contributed by atoms with Gasteiger partial charge in [-0.25, -0.2) is 0 Å². The summed E-state index contributed by atoms with van der Waals surface area (Å²) in [6, 6.07) is 15.6. The van der Waals surface area contributed by atoms with Crippen LogP contribution >= 0.6 is 0 Å². The molecule has 0 radical (unpaired) electrons. The molecule has 4 atom stereocenters. The van der Waals surface area contributed by atoms with Crippen molar-refractivity contribution in [2.75, 3.05) is 13.1 Å². The van der Waals surface area contributed by atoms with Gasteiger partial charge in [-0.2, -0.15) is 0 Å². The van der Waals surface area contributed by atoms with Crippen molar-refractivity contribution in [1.29, 1.82) is 0 Å². The van der Waals surface area contributed by atoms with Gasteiger partial charge in [0, 0.05) is 46.1 Å². The lowest BCUT2D eigenvalue weighted by atomic mass is 9.81. The third-order valence-corrected chi connectivity index (χ3v) is 14.1. The minimum Gasteiger partial charge on any atom is -0.274 e. The predicted octanol–water partition coefficient (Wildman–Crippen LogP) is 13.8. The summed E-state index contributed by atoms with van der Waals surface area (Å²) in [6.07, 6.45) is 19.3. The molecule has 0 saturated heterocycles. The van der Waals surface area contributed by atoms with Gasteiger partial charge in [0.1, 0.15) is 0 Å². The summed E-state index contributed by atoms with van der Waals surface area (Å²) in [7, 11) is 0. The van der Waals surface area contributed by atoms with E-state index in [1.807, 2.05) is 48.5 Å². The van der Waals surface area contributed by atoms with Crippen molar-refractivity contribution in [2.45, 2.75) is 144 Å². The Morgan fingerprint density at radius 2 is 0.741 bits per heavy atom. The maximum Gasteiger partial charge on any atom is 0.261 e. The van der Waals surface area contributed by atoms with Crippen LogP contribution in [0.5, 0.6) is 0 Å². The second-order valence-corrected chi connectivity index (χ2v) is 18.0. The molecule has 2 aliphatic rings. The highest BCUT2D eigenvalue weighted by atomic mass is 16.2. The number of unbranched alkanes of at least 4 members (excludes halogenated alkanes) is 9. The zero-order valence-corrected chi connectivity index (χ0v) is 36.2. The number of carbonyl (C=O) groups excluding carboxylic acids is 4. The van der Waals surface area contributed by atoms with Gasteiger partial charge in [-0.3, -0.25) is 29.0 Å². The molecule has 58 heavy (non-hydrogen) atoms. The number of hydrogen-bond acceptors (Lipinski definition) is 4. The van der Waals surface area contributed by atoms with Gasteiger partial charge in [0.25, 0.3) is 23.6 Å². The zero-order valence-electron chi connectivity index (χ0n) is 36.2. The third kappa shape index (κ3) is 7.66. The van der Waals surface area contributed by atoms with Gasteiger partial charge >= 0.3 is 0 Å². The summed E-state index contributed by atoms with van der Waals surface area (Å²) in [6.45, 7) is 14.2. The average molecular weight is 783 g/mol. The van der Waals surface area contributed by atoms with Crippen LogP contribution < -0.4 is 0 Å². The largest absolute Gasteiger partial charge is 0.274 e. The highest BCUT2D eigenvalue weighted by Crippen LogP contribution is 2.46. The van der Waals surface area contributed by atoms with E-state index in [0.29, 0.717) is 58.0 Å². The molecule has 6 heteroatoms. The van der Waals surface area contributed by atoms with Crippen molar-refractivity contribution in [2.24, 2.45) is 23.7 Å². The molecule has 4 unspecified atom stereocenters. The molecule has 5 aromatic carbocycles. The van der Waals surface area contributed by atoms with Crippen LogP contribution in [-0.2, 0) is 0 Å². The number of rotatable bonds is 22. The fourth-order valence-corrected chi connectivity index (χ4v) is 10.7. The van der Waals surface area contributed by atoms with E-state index in [-0.39, 0.29) is 35.5 Å². The molecule has 2 aliphatic heterocycles. The quantitative estimate of drug-likeness (QED) is 0.0303. The Morgan fingerprint density at radius 3 is 1.10 bits per heavy atom. The fourth-order valence-electron chi connectivity index (χ4n) is 10.7. The molecule has 0 N–H and O–H groups in total. The van der Waals surface area contributed by atoms with Crippen molar-refractivity contribution < 1.29 is 19.2 Å². The minimum absolute atomic E-state index is 0.206. The van der Waals surface area contributed by atoms with Crippen molar-refractivity contribution >= 4 is 66.7 Å². The summed E-state index contributed by atoms with van der Waals surface area (Å²) in [5, 5.41) is 6.94. The van der Waals surface area contributed by atoms with E-state index in [0.717, 1.165) is 64.4 Å². The fraction of sp³-hybridized carbons (Fsp3) is 0.538. The molecule has 4 amide bonds. The molecule has 5 aromatic rings. The van der Waals surface area contributed by atoms with Crippen molar-refractivity contribution in [3.05, 3.63) is 70.8 Å². The van der Waals surface area contributed by atoms with Crippen molar-refractivity contribution in [3.63, 3.8) is 0 Å². The Bertz CT molecular complexity index is 2190. The van der Waals surface area contributed by atoms with Crippen molar-refractivity contribution in [1.82, 2.24) is 9.80 Å². The number of carbonyl (C=O) groups is 4. The Kier molecular flexibility index (Phi) is 13.2. The van der Waals surface area contributed by atoms with Crippen LogP contribution in [0.2, 0.25) is 0 Å². The number of fused-ring (bicyclic) bond motifs is 2. The Labute approximate surface area is 346 Å². The summed E-state index contributed by atoms with van der Waals surface area (Å²) < 4.78 is 0. The molecule has 6 nitrogen and oxygen atoms in total. The summed E-state index contributed by atoms with van der Waals surface area (Å²) >= 11 is 0. The molecular formula is C52H66N2O4. The number of benzene rings is 5. The normalized spacial score (nSPS) is 16.4. The zero-order chi connectivity index (χ0) is 41.1. The SMILES string of the molecule is CCCCCCCCC(CC)C(C)CN1C(=O)c2ccc3c4ccc5c6c(ccc(c7ccc(c2c37)C1=O)c64)C(=O)N(CC(C)C(CCC)CCCCCCC)C5=O. The first-order valence-electron chi connectivity index (χ1n) is 23.1. The molecular weight excluding hydrogens is 717 g/mol. The Morgan fingerprint density at radius 1 is 0.397 bits per heavy atom. The highest BCUT2D eigenvalue weighted by molar-refractivity contribution is 6.41. The first kappa shape index (κ1) is 41.8. The maximum atomic E-state index is 14.3. The molecule has 0 bridgehead atoms. The molecule has 308 valence electrons. The van der Waals surface area contributed by atoms with E-state index in [1.54, 1.807) is 0 Å². The van der Waals surface area contributed by atoms with Crippen LogP contribution in [0.25, 0.3) is 43.1 Å². The standard InChI is InChI=1S/C52H66N2O4/c1-7-11-13-15-17-18-21-35(10-4)33(5)31-53-49(55)41-27-23-37-39-25-29-43-48-44(30-26-40(46(39)48)38-24-28-42(50(53)56)47(41)45(37)38)52(58)54(51(43)57)32-34(6)36(20-9-3)22-19-16-14-12-8-2/h23-30,33-36H,7-22,31-32H2,1-6H3. The van der Waals surface area contributed by atoms with Gasteiger partial charge in [-0.1, -0.05) is 169 Å². The number of nitrogens with zero attached hydrogens (tertiary/aromatic N) is 2. The lowest BCUT2D eigenvalue weighted by molar-refractivity contribution is 0.0552. The first-order valence-corrected chi connectivity index (χ1v) is 23.1. The van der Waals surface area contributed by atoms with Gasteiger partial charge in [-0.05, 0) is 80.3 Å². The van der Waals surface area contributed by atoms with Gasteiger partial charge < -0.3 is 0 Å². The van der Waals surface area contributed by atoms with E-state index in [4.69, 9.17) is 0 Å². The van der Waals surface area contributed by atoms with E-state index in [1.165, 1.54) is 80.4 Å². The van der Waals surface area contributed by atoms with Crippen LogP contribution in [0, 0.1) is 23.7 Å². The summed E-state index contributed by atoms with van der Waals surface area (Å²) in [5.74, 6) is 0.470. The lowest BCUT2D eigenvalue weighted by Crippen LogP contribution is -2.44. The first-order chi connectivity index (χ1) is 28.2. The van der Waals surface area contributed by atoms with E-state index in [9.17, 15) is 19.2 Å². The van der Waals surface area contributed by atoms with Crippen LogP contribution in [-0.4, -0.2) is 46.5 Å². The van der Waals surface area contributed by atoms with E-state index < -0.39 is 0 Å². The van der Waals surface area contributed by atoms with Crippen LogP contribution in [0.1, 0.15) is 186 Å². The number of amides is 4. The molecule has 0 aliphatic carbocycles. The minimum atomic E-state index is -0.221. The monoisotopic (exact) mass is 783 g/mol. The van der Waals surface area contributed by atoms with E-state index >= 15 is 0 Å². The maximum absolute atomic E-state index is 14.3. The predicted molar refractivity (Wildman–Crippen MR) is 240 cm³/mol. The third-order valence-electron chi connectivity index (χ3n) is 14.1. The van der Waals surface area contributed by atoms with Gasteiger partial charge in [0.15, 0.2) is 0 Å². The van der Waals surface area contributed by atoms with Crippen LogP contribution in [0.4, 0.5) is 0 Å². The second-order valence-electron chi connectivity index (χ2n) is 18.0. The molecule has 7 rings (SSSR count). The molecule has 0 saturated carbocycles. The van der Waals surface area contributed by atoms with Crippen LogP contribution in [0.3, 0.4) is 0 Å². The number of hydrogen-bond donors (Lipinski definition) is 0. The highest BCUT2D eigenvalue weighted by Gasteiger charge is 2.38. The Balaban J connectivity index is 1.18. The van der Waals surface area contributed by atoms with Crippen molar-refractivity contribution in [3.8, 4) is 0 Å². The van der Waals surface area contributed by atoms with Gasteiger partial charge in [-0.15, -0.1) is 0 Å². The summed E-state index contributed by atoms with van der Waals surface area (Å²) in [4.78, 5) is 60.3. The average Bonchev–Trinajstić information content (AvgIpc) is 3.23. The van der Waals surface area contributed by atoms with Gasteiger partial charge in [0.05, 0.1) is 0 Å². The molecule has 0 spiro atoms. The number of imide groups is 2.